The molecule has 1 saturated heterocycles. The van der Waals surface area contributed by atoms with Gasteiger partial charge in [0, 0.05) is 41.9 Å². The van der Waals surface area contributed by atoms with Crippen molar-refractivity contribution < 1.29 is 23.5 Å². The molecule has 3 rings (SSSR count). The maximum Gasteiger partial charge on any atom is 0.237 e. The molecule has 2 aromatic carbocycles. The van der Waals surface area contributed by atoms with Crippen molar-refractivity contribution >= 4 is 34.4 Å². The van der Waals surface area contributed by atoms with Crippen LogP contribution in [0.4, 0.5) is 8.78 Å². The molecule has 0 radical (unpaired) electrons. The van der Waals surface area contributed by atoms with Gasteiger partial charge in [-0.1, -0.05) is 19.1 Å². The van der Waals surface area contributed by atoms with Crippen LogP contribution in [0.2, 0.25) is 0 Å². The van der Waals surface area contributed by atoms with Gasteiger partial charge in [-0.05, 0) is 77.7 Å². The second kappa shape index (κ2) is 14.1. The zero-order valence-electron chi connectivity index (χ0n) is 21.2. The average molecular weight is 629 g/mol. The Morgan fingerprint density at radius 3 is 2.57 bits per heavy atom. The van der Waals surface area contributed by atoms with Gasteiger partial charge in [-0.15, -0.1) is 0 Å². The van der Waals surface area contributed by atoms with Crippen molar-refractivity contribution in [3.05, 3.63) is 68.8 Å². The van der Waals surface area contributed by atoms with Crippen LogP contribution >= 0.6 is 22.6 Å². The van der Waals surface area contributed by atoms with Crippen LogP contribution in [-0.2, 0) is 22.6 Å². The van der Waals surface area contributed by atoms with Crippen molar-refractivity contribution in [1.29, 1.82) is 0 Å². The molecule has 0 unspecified atom stereocenters. The molecule has 2 amide bonds. The molecular formula is C27H35F2IN4O3. The molecule has 0 bridgehead atoms. The van der Waals surface area contributed by atoms with Crippen molar-refractivity contribution in [2.45, 2.75) is 51.4 Å². The lowest BCUT2D eigenvalue weighted by atomic mass is 10.0. The summed E-state index contributed by atoms with van der Waals surface area (Å²) in [4.78, 5) is 29.1. The molecule has 10 heteroatoms. The predicted molar refractivity (Wildman–Crippen MR) is 147 cm³/mol. The number of halogens is 3. The van der Waals surface area contributed by atoms with Gasteiger partial charge in [-0.3, -0.25) is 14.5 Å². The number of nitrogens with zero attached hydrogens (tertiary/aromatic N) is 2. The molecule has 2 aromatic rings. The molecule has 7 nitrogen and oxygen atoms in total. The van der Waals surface area contributed by atoms with Crippen LogP contribution in [0.1, 0.15) is 31.4 Å². The SMILES string of the molecule is CCCN1C(=O)CN(CC(=O)N[C@@H](Cc2cc(F)cc(F)c2)[C@@H](O)CNCc2cccc(I)c2)C[C@@H]1C. The quantitative estimate of drug-likeness (QED) is 0.315. The summed E-state index contributed by atoms with van der Waals surface area (Å²) < 4.78 is 28.7. The van der Waals surface area contributed by atoms with Gasteiger partial charge in [-0.25, -0.2) is 8.78 Å². The van der Waals surface area contributed by atoms with Crippen molar-refractivity contribution in [3.8, 4) is 0 Å². The van der Waals surface area contributed by atoms with Crippen LogP contribution in [0, 0.1) is 15.2 Å². The molecule has 0 saturated carbocycles. The normalized spacial score (nSPS) is 18.1. The topological polar surface area (TPSA) is 84.9 Å². The second-order valence-corrected chi connectivity index (χ2v) is 10.8. The summed E-state index contributed by atoms with van der Waals surface area (Å²) in [5.41, 5.74) is 1.38. The third kappa shape index (κ3) is 9.27. The number of piperazine rings is 1. The molecule has 3 N–H and O–H groups in total. The molecular weight excluding hydrogens is 593 g/mol. The van der Waals surface area contributed by atoms with E-state index in [-0.39, 0.29) is 43.9 Å². The van der Waals surface area contributed by atoms with Gasteiger partial charge < -0.3 is 20.6 Å². The molecule has 3 atom stereocenters. The number of aliphatic hydroxyl groups is 1. The monoisotopic (exact) mass is 628 g/mol. The number of carbonyl (C=O) groups is 2. The highest BCUT2D eigenvalue weighted by atomic mass is 127. The lowest BCUT2D eigenvalue weighted by Crippen LogP contribution is -2.58. The highest BCUT2D eigenvalue weighted by Crippen LogP contribution is 2.14. The van der Waals surface area contributed by atoms with Crippen LogP contribution in [-0.4, -0.2) is 77.6 Å². The third-order valence-corrected chi connectivity index (χ3v) is 7.00. The molecule has 37 heavy (non-hydrogen) atoms. The Morgan fingerprint density at radius 2 is 1.92 bits per heavy atom. The number of amides is 2. The van der Waals surface area contributed by atoms with Crippen LogP contribution in [0.25, 0.3) is 0 Å². The summed E-state index contributed by atoms with van der Waals surface area (Å²) in [6.45, 7) is 6.06. The second-order valence-electron chi connectivity index (χ2n) is 9.59. The minimum Gasteiger partial charge on any atom is -0.390 e. The molecule has 202 valence electrons. The summed E-state index contributed by atoms with van der Waals surface area (Å²) in [6, 6.07) is 10.3. The number of carbonyl (C=O) groups excluding carboxylic acids is 2. The highest BCUT2D eigenvalue weighted by molar-refractivity contribution is 14.1. The minimum atomic E-state index is -1.01. The summed E-state index contributed by atoms with van der Waals surface area (Å²) in [5.74, 6) is -1.81. The van der Waals surface area contributed by atoms with Crippen molar-refractivity contribution in [3.63, 3.8) is 0 Å². The fraction of sp³-hybridized carbons (Fsp3) is 0.481. The van der Waals surface area contributed by atoms with Gasteiger partial charge >= 0.3 is 0 Å². The zero-order chi connectivity index (χ0) is 26.9. The van der Waals surface area contributed by atoms with E-state index >= 15 is 0 Å². The van der Waals surface area contributed by atoms with Crippen molar-refractivity contribution in [2.75, 3.05) is 32.7 Å². The number of hydrogen-bond acceptors (Lipinski definition) is 5. The Kier molecular flexibility index (Phi) is 11.2. The van der Waals surface area contributed by atoms with Crippen LogP contribution < -0.4 is 10.6 Å². The van der Waals surface area contributed by atoms with E-state index in [4.69, 9.17) is 0 Å². The number of nitrogens with one attached hydrogen (secondary N) is 2. The Labute approximate surface area is 230 Å². The van der Waals surface area contributed by atoms with Crippen molar-refractivity contribution in [2.24, 2.45) is 0 Å². The highest BCUT2D eigenvalue weighted by Gasteiger charge is 2.31. The van der Waals surface area contributed by atoms with E-state index < -0.39 is 23.8 Å². The first kappa shape index (κ1) is 29.4. The molecule has 0 aromatic heterocycles. The van der Waals surface area contributed by atoms with Gasteiger partial charge in [0.25, 0.3) is 0 Å². The molecule has 1 heterocycles. The van der Waals surface area contributed by atoms with Crippen LogP contribution in [0.5, 0.6) is 0 Å². The number of benzene rings is 2. The predicted octanol–water partition coefficient (Wildman–Crippen LogP) is 2.69. The fourth-order valence-corrected chi connectivity index (χ4v) is 5.25. The number of hydrogen-bond donors (Lipinski definition) is 3. The average Bonchev–Trinajstić information content (AvgIpc) is 2.80. The van der Waals surface area contributed by atoms with E-state index in [2.05, 4.69) is 33.2 Å². The Balaban J connectivity index is 1.63. The minimum absolute atomic E-state index is 0.00379. The van der Waals surface area contributed by atoms with Crippen LogP contribution in [0.3, 0.4) is 0 Å². The summed E-state index contributed by atoms with van der Waals surface area (Å²) in [6.07, 6.45) is -0.0967. The first-order valence-corrected chi connectivity index (χ1v) is 13.6. The van der Waals surface area contributed by atoms with Gasteiger partial charge in [-0.2, -0.15) is 0 Å². The smallest absolute Gasteiger partial charge is 0.237 e. The largest absolute Gasteiger partial charge is 0.390 e. The fourth-order valence-electron chi connectivity index (χ4n) is 4.65. The summed E-state index contributed by atoms with van der Waals surface area (Å²) >= 11 is 2.23. The molecule has 0 spiro atoms. The first-order chi connectivity index (χ1) is 17.6. The molecule has 0 aliphatic carbocycles. The summed E-state index contributed by atoms with van der Waals surface area (Å²) in [7, 11) is 0. The van der Waals surface area contributed by atoms with Gasteiger partial charge in [0.2, 0.25) is 11.8 Å². The Morgan fingerprint density at radius 1 is 1.19 bits per heavy atom. The van der Waals surface area contributed by atoms with Crippen LogP contribution in [0.15, 0.2) is 42.5 Å². The van der Waals surface area contributed by atoms with E-state index in [1.807, 2.05) is 43.0 Å². The van der Waals surface area contributed by atoms with E-state index in [0.717, 1.165) is 21.6 Å². The van der Waals surface area contributed by atoms with E-state index in [1.165, 1.54) is 12.1 Å². The third-order valence-electron chi connectivity index (χ3n) is 6.33. The van der Waals surface area contributed by atoms with Crippen molar-refractivity contribution in [1.82, 2.24) is 20.4 Å². The lowest BCUT2D eigenvalue weighted by Gasteiger charge is -2.39. The molecule has 1 aliphatic heterocycles. The van der Waals surface area contributed by atoms with E-state index in [9.17, 15) is 23.5 Å². The van der Waals surface area contributed by atoms with Gasteiger partial charge in [0.15, 0.2) is 0 Å². The number of aliphatic hydroxyl groups excluding tert-OH is 1. The molecule has 1 fully saturated rings. The Hall–Kier alpha value is -2.15. The zero-order valence-corrected chi connectivity index (χ0v) is 23.4. The number of rotatable bonds is 12. The first-order valence-electron chi connectivity index (χ1n) is 12.5. The Bertz CT molecular complexity index is 1050. The maximum atomic E-state index is 13.8. The van der Waals surface area contributed by atoms with E-state index in [0.29, 0.717) is 25.2 Å². The maximum absolute atomic E-state index is 13.8. The van der Waals surface area contributed by atoms with Gasteiger partial charge in [0.1, 0.15) is 11.6 Å². The van der Waals surface area contributed by atoms with Gasteiger partial charge in [0.05, 0.1) is 25.2 Å². The molecule has 1 aliphatic rings. The lowest BCUT2D eigenvalue weighted by molar-refractivity contribution is -0.140. The summed E-state index contributed by atoms with van der Waals surface area (Å²) in [5, 5.41) is 17.0. The standard InChI is InChI=1S/C27H35F2IN4O3/c1-3-7-34-18(2)15-33(17-27(34)37)16-26(36)32-24(11-20-8-21(28)12-22(29)9-20)25(35)14-31-13-19-5-4-6-23(30)10-19/h4-6,8-10,12,18,24-25,31,35H,3,7,11,13-17H2,1-2H3,(H,32,36)/t18-,24-,25-/m0/s1. The van der Waals surface area contributed by atoms with E-state index in [1.54, 1.807) is 4.90 Å².